The van der Waals surface area contributed by atoms with Gasteiger partial charge in [0.15, 0.2) is 0 Å². The van der Waals surface area contributed by atoms with Crippen molar-refractivity contribution >= 4 is 37.4 Å². The first-order valence-electron chi connectivity index (χ1n) is 6.92. The molecule has 1 aliphatic heterocycles. The molecule has 23 heavy (non-hydrogen) atoms. The molecule has 0 atom stereocenters. The minimum absolute atomic E-state index is 0.304. The number of sulfonamides is 1. The summed E-state index contributed by atoms with van der Waals surface area (Å²) in [5, 5.41) is 1.08. The van der Waals surface area contributed by atoms with Crippen LogP contribution in [0.4, 0.5) is 5.69 Å². The van der Waals surface area contributed by atoms with Crippen LogP contribution < -0.4 is 9.46 Å². The Bertz CT molecular complexity index is 877. The third-order valence-corrected chi connectivity index (χ3v) is 4.82. The standard InChI is InChI=1S/C16H14BrNO4S/c1-2-21-16-10-23(19,20)18-14-8-7-11(9-12(14)16)22-15-6-4-3-5-13(15)17/h3-10,18H,2H2,1H3. The molecule has 0 fully saturated rings. The van der Waals surface area contributed by atoms with Crippen LogP contribution in [0.2, 0.25) is 0 Å². The number of halogens is 1. The van der Waals surface area contributed by atoms with Crippen molar-refractivity contribution in [1.29, 1.82) is 0 Å². The molecule has 0 spiro atoms. The molecule has 0 unspecified atom stereocenters. The van der Waals surface area contributed by atoms with Crippen LogP contribution in [-0.2, 0) is 14.8 Å². The first-order valence-corrected chi connectivity index (χ1v) is 9.26. The maximum atomic E-state index is 11.8. The highest BCUT2D eigenvalue weighted by Gasteiger charge is 2.23. The molecule has 7 heteroatoms. The predicted octanol–water partition coefficient (Wildman–Crippen LogP) is 4.33. The minimum atomic E-state index is -3.53. The molecular weight excluding hydrogens is 382 g/mol. The van der Waals surface area contributed by atoms with E-state index in [2.05, 4.69) is 20.7 Å². The van der Waals surface area contributed by atoms with Crippen LogP contribution in [0.1, 0.15) is 12.5 Å². The van der Waals surface area contributed by atoms with E-state index in [0.29, 0.717) is 35.1 Å². The number of rotatable bonds is 4. The second-order valence-electron chi connectivity index (χ2n) is 4.80. The molecule has 3 rings (SSSR count). The number of hydrogen-bond donors (Lipinski definition) is 1. The molecule has 1 heterocycles. The average Bonchev–Trinajstić information content (AvgIpc) is 2.49. The summed E-state index contributed by atoms with van der Waals surface area (Å²) >= 11 is 3.43. The van der Waals surface area contributed by atoms with Gasteiger partial charge < -0.3 is 9.47 Å². The normalized spacial score (nSPS) is 15.1. The van der Waals surface area contributed by atoms with Crippen LogP contribution in [0.3, 0.4) is 0 Å². The van der Waals surface area contributed by atoms with Crippen molar-refractivity contribution in [3.63, 3.8) is 0 Å². The number of anilines is 1. The third-order valence-electron chi connectivity index (χ3n) is 3.14. The number of benzene rings is 2. The predicted molar refractivity (Wildman–Crippen MR) is 92.8 cm³/mol. The molecule has 0 amide bonds. The molecule has 2 aromatic carbocycles. The van der Waals surface area contributed by atoms with Gasteiger partial charge in [-0.05, 0) is 53.2 Å². The van der Waals surface area contributed by atoms with Crippen LogP contribution in [0.5, 0.6) is 11.5 Å². The SMILES string of the molecule is CCOC1=CS(=O)(=O)Nc2ccc(Oc3ccccc3Br)cc21. The second-order valence-corrected chi connectivity index (χ2v) is 7.19. The van der Waals surface area contributed by atoms with Gasteiger partial charge in [0.05, 0.1) is 22.2 Å². The molecule has 0 aromatic heterocycles. The van der Waals surface area contributed by atoms with E-state index in [4.69, 9.17) is 9.47 Å². The Morgan fingerprint density at radius 1 is 1.17 bits per heavy atom. The topological polar surface area (TPSA) is 64.6 Å². The summed E-state index contributed by atoms with van der Waals surface area (Å²) in [7, 11) is -3.53. The first kappa shape index (κ1) is 15.9. The van der Waals surface area contributed by atoms with Gasteiger partial charge in [-0.15, -0.1) is 0 Å². The van der Waals surface area contributed by atoms with E-state index >= 15 is 0 Å². The van der Waals surface area contributed by atoms with E-state index in [9.17, 15) is 8.42 Å². The number of ether oxygens (including phenoxy) is 2. The maximum absolute atomic E-state index is 11.8. The zero-order valence-electron chi connectivity index (χ0n) is 12.2. The summed E-state index contributed by atoms with van der Waals surface area (Å²) in [6.45, 7) is 2.17. The number of fused-ring (bicyclic) bond motifs is 1. The Hall–Kier alpha value is -1.99. The lowest BCUT2D eigenvalue weighted by atomic mass is 10.1. The van der Waals surface area contributed by atoms with E-state index in [1.165, 1.54) is 0 Å². The van der Waals surface area contributed by atoms with Crippen molar-refractivity contribution < 1.29 is 17.9 Å². The Morgan fingerprint density at radius 3 is 2.70 bits per heavy atom. The largest absolute Gasteiger partial charge is 0.492 e. The van der Waals surface area contributed by atoms with Crippen molar-refractivity contribution in [3.8, 4) is 11.5 Å². The lowest BCUT2D eigenvalue weighted by Gasteiger charge is -2.20. The molecule has 120 valence electrons. The molecule has 0 radical (unpaired) electrons. The highest BCUT2D eigenvalue weighted by Crippen LogP contribution is 2.36. The number of nitrogens with one attached hydrogen (secondary N) is 1. The summed E-state index contributed by atoms with van der Waals surface area (Å²) in [6, 6.07) is 12.6. The Kier molecular flexibility index (Phi) is 4.32. The fraction of sp³-hybridized carbons (Fsp3) is 0.125. The van der Waals surface area contributed by atoms with Crippen molar-refractivity contribution in [3.05, 3.63) is 57.9 Å². The zero-order chi connectivity index (χ0) is 16.4. The van der Waals surface area contributed by atoms with Gasteiger partial charge in [0.2, 0.25) is 0 Å². The van der Waals surface area contributed by atoms with Gasteiger partial charge in [-0.1, -0.05) is 12.1 Å². The van der Waals surface area contributed by atoms with Crippen LogP contribution in [-0.4, -0.2) is 15.0 Å². The van der Waals surface area contributed by atoms with Crippen LogP contribution in [0.15, 0.2) is 52.3 Å². The van der Waals surface area contributed by atoms with Gasteiger partial charge in [-0.2, -0.15) is 0 Å². The Morgan fingerprint density at radius 2 is 1.96 bits per heavy atom. The van der Waals surface area contributed by atoms with E-state index in [0.717, 1.165) is 9.88 Å². The minimum Gasteiger partial charge on any atom is -0.492 e. The second kappa shape index (κ2) is 6.25. The van der Waals surface area contributed by atoms with Gasteiger partial charge in [0.25, 0.3) is 10.0 Å². The molecule has 0 aliphatic carbocycles. The lowest BCUT2D eigenvalue weighted by Crippen LogP contribution is -2.16. The van der Waals surface area contributed by atoms with Gasteiger partial charge in [0.1, 0.15) is 17.3 Å². The number of hydrogen-bond acceptors (Lipinski definition) is 4. The van der Waals surface area contributed by atoms with E-state index in [1.54, 1.807) is 25.1 Å². The molecule has 0 saturated carbocycles. The van der Waals surface area contributed by atoms with Gasteiger partial charge in [-0.25, -0.2) is 8.42 Å². The molecular formula is C16H14BrNO4S. The number of para-hydroxylation sites is 1. The summed E-state index contributed by atoms with van der Waals surface area (Å²) in [4.78, 5) is 0. The van der Waals surface area contributed by atoms with Crippen LogP contribution in [0, 0.1) is 0 Å². The third kappa shape index (κ3) is 3.51. The molecule has 1 N–H and O–H groups in total. The quantitative estimate of drug-likeness (QED) is 0.836. The maximum Gasteiger partial charge on any atom is 0.258 e. The van der Waals surface area contributed by atoms with Gasteiger partial charge in [0, 0.05) is 5.56 Å². The van der Waals surface area contributed by atoms with Crippen molar-refractivity contribution in [2.45, 2.75) is 6.92 Å². The van der Waals surface area contributed by atoms with Crippen molar-refractivity contribution in [2.24, 2.45) is 0 Å². The Labute approximate surface area is 143 Å². The van der Waals surface area contributed by atoms with Crippen molar-refractivity contribution in [1.82, 2.24) is 0 Å². The smallest absolute Gasteiger partial charge is 0.258 e. The molecule has 2 aromatic rings. The molecule has 1 aliphatic rings. The summed E-state index contributed by atoms with van der Waals surface area (Å²) in [5.41, 5.74) is 1.11. The average molecular weight is 396 g/mol. The summed E-state index contributed by atoms with van der Waals surface area (Å²) < 4.78 is 38.2. The summed E-state index contributed by atoms with van der Waals surface area (Å²) in [6.07, 6.45) is 0. The van der Waals surface area contributed by atoms with E-state index in [1.807, 2.05) is 24.3 Å². The summed E-state index contributed by atoms with van der Waals surface area (Å²) in [5.74, 6) is 1.56. The van der Waals surface area contributed by atoms with E-state index < -0.39 is 10.0 Å². The van der Waals surface area contributed by atoms with Crippen LogP contribution >= 0.6 is 15.9 Å². The van der Waals surface area contributed by atoms with Gasteiger partial charge in [-0.3, -0.25) is 4.72 Å². The van der Waals surface area contributed by atoms with Crippen molar-refractivity contribution in [2.75, 3.05) is 11.3 Å². The zero-order valence-corrected chi connectivity index (χ0v) is 14.6. The first-order chi connectivity index (χ1) is 11.0. The lowest BCUT2D eigenvalue weighted by molar-refractivity contribution is 0.298. The molecule has 0 saturated heterocycles. The Balaban J connectivity index is 1.99. The fourth-order valence-corrected chi connectivity index (χ4v) is 3.57. The van der Waals surface area contributed by atoms with Gasteiger partial charge >= 0.3 is 0 Å². The van der Waals surface area contributed by atoms with E-state index in [-0.39, 0.29) is 0 Å². The molecule has 0 bridgehead atoms. The monoisotopic (exact) mass is 395 g/mol. The molecule has 5 nitrogen and oxygen atoms in total. The highest BCUT2D eigenvalue weighted by atomic mass is 79.9. The van der Waals surface area contributed by atoms with Crippen LogP contribution in [0.25, 0.3) is 5.76 Å². The highest BCUT2D eigenvalue weighted by molar-refractivity contribution is 9.10. The fourth-order valence-electron chi connectivity index (χ4n) is 2.19.